The van der Waals surface area contributed by atoms with Gasteiger partial charge < -0.3 is 15.2 Å². The Bertz CT molecular complexity index is 374. The first-order chi connectivity index (χ1) is 10.6. The van der Waals surface area contributed by atoms with Crippen LogP contribution in [0.15, 0.2) is 0 Å². The third kappa shape index (κ3) is 5.57. The lowest BCUT2D eigenvalue weighted by atomic mass is 9.79. The summed E-state index contributed by atoms with van der Waals surface area (Å²) in [5.74, 6) is -0.785. The lowest BCUT2D eigenvalue weighted by Crippen LogP contribution is -2.38. The Hall–Kier alpha value is -1.14. The van der Waals surface area contributed by atoms with Gasteiger partial charge in [0.25, 0.3) is 0 Å². The van der Waals surface area contributed by atoms with Gasteiger partial charge in [-0.05, 0) is 31.2 Å². The predicted molar refractivity (Wildman–Crippen MR) is 82.7 cm³/mol. The lowest BCUT2D eigenvalue weighted by molar-refractivity contribution is -0.140. The number of nitrogens with one attached hydrogen (secondary N) is 1. The Balaban J connectivity index is 1.64. The highest BCUT2D eigenvalue weighted by Crippen LogP contribution is 2.43. The largest absolute Gasteiger partial charge is 0.481 e. The number of nitrogens with zero attached hydrogens (tertiary/aromatic N) is 1. The zero-order valence-electron chi connectivity index (χ0n) is 13.3. The number of amides is 1. The molecule has 6 heteroatoms. The number of carbonyl (C=O) groups excluding carboxylic acids is 1. The number of carboxylic acids is 1. The molecule has 1 heterocycles. The molecule has 1 saturated heterocycles. The van der Waals surface area contributed by atoms with Crippen LogP contribution in [-0.2, 0) is 14.3 Å². The van der Waals surface area contributed by atoms with Crippen molar-refractivity contribution in [3.8, 4) is 0 Å². The maximum Gasteiger partial charge on any atom is 0.303 e. The molecule has 2 aliphatic rings. The molecule has 2 rings (SSSR count). The number of hydrogen-bond acceptors (Lipinski definition) is 4. The number of ether oxygens (including phenoxy) is 1. The highest BCUT2D eigenvalue weighted by atomic mass is 16.5. The van der Waals surface area contributed by atoms with Gasteiger partial charge in [0.1, 0.15) is 0 Å². The van der Waals surface area contributed by atoms with Crippen molar-refractivity contribution < 1.29 is 19.4 Å². The van der Waals surface area contributed by atoms with Crippen molar-refractivity contribution >= 4 is 11.9 Å². The van der Waals surface area contributed by atoms with E-state index in [-0.39, 0.29) is 17.7 Å². The summed E-state index contributed by atoms with van der Waals surface area (Å²) in [5.41, 5.74) is -0.305. The zero-order valence-corrected chi connectivity index (χ0v) is 13.3. The second-order valence-corrected chi connectivity index (χ2v) is 6.61. The van der Waals surface area contributed by atoms with Crippen LogP contribution in [0.4, 0.5) is 0 Å². The first-order valence-corrected chi connectivity index (χ1v) is 8.38. The molecule has 0 aromatic carbocycles. The Morgan fingerprint density at radius 2 is 1.82 bits per heavy atom. The monoisotopic (exact) mass is 312 g/mol. The molecular formula is C16H28N2O4. The standard InChI is InChI=1S/C16H28N2O4/c19-14(12-16(13-15(20)21)4-1-2-5-16)17-6-3-7-18-8-10-22-11-9-18/h1-13H2,(H,17,19)(H,20,21). The second kappa shape index (κ2) is 8.48. The minimum atomic E-state index is -0.790. The Morgan fingerprint density at radius 3 is 2.45 bits per heavy atom. The fourth-order valence-corrected chi connectivity index (χ4v) is 3.62. The van der Waals surface area contributed by atoms with Crippen molar-refractivity contribution in [1.29, 1.82) is 0 Å². The third-order valence-electron chi connectivity index (χ3n) is 4.80. The molecule has 1 aliphatic carbocycles. The van der Waals surface area contributed by atoms with E-state index in [4.69, 9.17) is 9.84 Å². The van der Waals surface area contributed by atoms with E-state index in [0.717, 1.165) is 65.0 Å². The summed E-state index contributed by atoms with van der Waals surface area (Å²) in [6, 6.07) is 0. The van der Waals surface area contributed by atoms with Gasteiger partial charge in [-0.2, -0.15) is 0 Å². The second-order valence-electron chi connectivity index (χ2n) is 6.61. The molecule has 1 amide bonds. The van der Waals surface area contributed by atoms with Crippen molar-refractivity contribution in [3.05, 3.63) is 0 Å². The third-order valence-corrected chi connectivity index (χ3v) is 4.80. The lowest BCUT2D eigenvalue weighted by Gasteiger charge is -2.27. The van der Waals surface area contributed by atoms with Crippen molar-refractivity contribution in [2.45, 2.75) is 44.9 Å². The number of carbonyl (C=O) groups is 2. The first kappa shape index (κ1) is 17.2. The van der Waals surface area contributed by atoms with Gasteiger partial charge in [0, 0.05) is 26.1 Å². The highest BCUT2D eigenvalue weighted by Gasteiger charge is 2.37. The van der Waals surface area contributed by atoms with E-state index in [1.165, 1.54) is 0 Å². The molecule has 6 nitrogen and oxygen atoms in total. The van der Waals surface area contributed by atoms with Crippen LogP contribution in [0, 0.1) is 5.41 Å². The Labute approximate surface area is 132 Å². The Kier molecular flexibility index (Phi) is 6.64. The maximum atomic E-state index is 12.1. The molecule has 1 saturated carbocycles. The average molecular weight is 312 g/mol. The summed E-state index contributed by atoms with van der Waals surface area (Å²) in [7, 11) is 0. The van der Waals surface area contributed by atoms with Gasteiger partial charge in [-0.15, -0.1) is 0 Å². The zero-order chi connectivity index (χ0) is 15.8. The Morgan fingerprint density at radius 1 is 1.14 bits per heavy atom. The molecular weight excluding hydrogens is 284 g/mol. The summed E-state index contributed by atoms with van der Waals surface area (Å²) in [5, 5.41) is 12.0. The van der Waals surface area contributed by atoms with Crippen molar-refractivity contribution in [3.63, 3.8) is 0 Å². The average Bonchev–Trinajstić information content (AvgIpc) is 2.92. The molecule has 22 heavy (non-hydrogen) atoms. The molecule has 0 unspecified atom stereocenters. The summed E-state index contributed by atoms with van der Waals surface area (Å²) in [6.45, 7) is 5.17. The van der Waals surface area contributed by atoms with Crippen LogP contribution < -0.4 is 5.32 Å². The first-order valence-electron chi connectivity index (χ1n) is 8.38. The van der Waals surface area contributed by atoms with Gasteiger partial charge in [-0.25, -0.2) is 0 Å². The normalized spacial score (nSPS) is 21.6. The maximum absolute atomic E-state index is 12.1. The van der Waals surface area contributed by atoms with Crippen molar-refractivity contribution in [1.82, 2.24) is 10.2 Å². The number of hydrogen-bond donors (Lipinski definition) is 2. The quantitative estimate of drug-likeness (QED) is 0.660. The number of morpholine rings is 1. The topological polar surface area (TPSA) is 78.9 Å². The van der Waals surface area contributed by atoms with Crippen molar-refractivity contribution in [2.75, 3.05) is 39.4 Å². The van der Waals surface area contributed by atoms with E-state index in [1.807, 2.05) is 0 Å². The van der Waals surface area contributed by atoms with Crippen LogP contribution in [0.5, 0.6) is 0 Å². The van der Waals surface area contributed by atoms with Crippen LogP contribution >= 0.6 is 0 Å². The number of aliphatic carboxylic acids is 1. The van der Waals surface area contributed by atoms with Crippen LogP contribution in [0.1, 0.15) is 44.9 Å². The SMILES string of the molecule is O=C(O)CC1(CC(=O)NCCCN2CCOCC2)CCCC1. The highest BCUT2D eigenvalue weighted by molar-refractivity contribution is 5.78. The number of rotatable bonds is 8. The van der Waals surface area contributed by atoms with Gasteiger partial charge in [0.05, 0.1) is 19.6 Å². The predicted octanol–water partition coefficient (Wildman–Crippen LogP) is 1.25. The van der Waals surface area contributed by atoms with E-state index >= 15 is 0 Å². The molecule has 126 valence electrons. The fourth-order valence-electron chi connectivity index (χ4n) is 3.62. The van der Waals surface area contributed by atoms with Crippen LogP contribution in [0.2, 0.25) is 0 Å². The van der Waals surface area contributed by atoms with Gasteiger partial charge in [0.2, 0.25) is 5.91 Å². The molecule has 2 fully saturated rings. The molecule has 1 aliphatic heterocycles. The van der Waals surface area contributed by atoms with E-state index in [0.29, 0.717) is 13.0 Å². The fraction of sp³-hybridized carbons (Fsp3) is 0.875. The molecule has 0 spiro atoms. The van der Waals surface area contributed by atoms with Crippen molar-refractivity contribution in [2.24, 2.45) is 5.41 Å². The molecule has 0 aromatic rings. The molecule has 0 aromatic heterocycles. The van der Waals surface area contributed by atoms with E-state index in [9.17, 15) is 9.59 Å². The van der Waals surface area contributed by atoms with Crippen LogP contribution in [0.3, 0.4) is 0 Å². The minimum Gasteiger partial charge on any atom is -0.481 e. The molecule has 0 atom stereocenters. The summed E-state index contributed by atoms with van der Waals surface area (Å²) >= 11 is 0. The molecule has 2 N–H and O–H groups in total. The van der Waals surface area contributed by atoms with E-state index in [2.05, 4.69) is 10.2 Å². The van der Waals surface area contributed by atoms with Crippen LogP contribution in [0.25, 0.3) is 0 Å². The van der Waals surface area contributed by atoms with E-state index < -0.39 is 5.97 Å². The van der Waals surface area contributed by atoms with Gasteiger partial charge >= 0.3 is 5.97 Å². The summed E-state index contributed by atoms with van der Waals surface area (Å²) in [6.07, 6.45) is 5.21. The smallest absolute Gasteiger partial charge is 0.303 e. The number of carboxylic acid groups (broad SMARTS) is 1. The van der Waals surface area contributed by atoms with Gasteiger partial charge in [-0.3, -0.25) is 14.5 Å². The van der Waals surface area contributed by atoms with Crippen LogP contribution in [-0.4, -0.2) is 61.3 Å². The summed E-state index contributed by atoms with van der Waals surface area (Å²) < 4.78 is 5.30. The minimum absolute atomic E-state index is 0.00475. The molecule has 0 bridgehead atoms. The van der Waals surface area contributed by atoms with Gasteiger partial charge in [-0.1, -0.05) is 12.8 Å². The van der Waals surface area contributed by atoms with E-state index in [1.54, 1.807) is 0 Å². The molecule has 0 radical (unpaired) electrons. The summed E-state index contributed by atoms with van der Waals surface area (Å²) in [4.78, 5) is 25.5. The van der Waals surface area contributed by atoms with Gasteiger partial charge in [0.15, 0.2) is 0 Å².